The monoisotopic (exact) mass is 392 g/mol. The number of carbonyl (C=O) groups excluding carboxylic acids is 2. The standard InChI is InChI=1S/C21H34N4O3/c1-21(2,3)23-20(27)16-25-11-5-10-24(12-13-25)15-19(26)22-14-17-6-8-18(28-4)9-7-17/h6-9H,5,10-16H2,1-4H3,(H,22,26)(H,23,27)/p+2. The minimum atomic E-state index is -0.193. The Balaban J connectivity index is 1.71. The van der Waals surface area contributed by atoms with E-state index < -0.39 is 0 Å². The summed E-state index contributed by atoms with van der Waals surface area (Å²) in [4.78, 5) is 27.0. The van der Waals surface area contributed by atoms with Crippen molar-refractivity contribution >= 4 is 11.8 Å². The van der Waals surface area contributed by atoms with Crippen LogP contribution in [0.15, 0.2) is 24.3 Å². The highest BCUT2D eigenvalue weighted by Gasteiger charge is 2.25. The van der Waals surface area contributed by atoms with Crippen LogP contribution in [-0.4, -0.2) is 63.7 Å². The predicted octanol–water partition coefficient (Wildman–Crippen LogP) is -1.60. The predicted molar refractivity (Wildman–Crippen MR) is 108 cm³/mol. The molecular formula is C21H36N4O3+2. The van der Waals surface area contributed by atoms with E-state index >= 15 is 0 Å². The normalized spacial score (nSPS) is 20.1. The first-order chi connectivity index (χ1) is 13.2. The zero-order valence-electron chi connectivity index (χ0n) is 17.7. The van der Waals surface area contributed by atoms with Gasteiger partial charge in [0.25, 0.3) is 11.8 Å². The maximum absolute atomic E-state index is 12.3. The molecule has 1 aliphatic heterocycles. The lowest BCUT2D eigenvalue weighted by Crippen LogP contribution is -3.18. The van der Waals surface area contributed by atoms with Crippen molar-refractivity contribution < 1.29 is 24.1 Å². The molecule has 7 heteroatoms. The van der Waals surface area contributed by atoms with Gasteiger partial charge in [-0.2, -0.15) is 0 Å². The molecule has 1 aliphatic rings. The average molecular weight is 393 g/mol. The third-order valence-corrected chi connectivity index (χ3v) is 4.88. The largest absolute Gasteiger partial charge is 0.497 e. The van der Waals surface area contributed by atoms with Gasteiger partial charge in [0.15, 0.2) is 13.1 Å². The molecule has 28 heavy (non-hydrogen) atoms. The van der Waals surface area contributed by atoms with Gasteiger partial charge in [-0.15, -0.1) is 0 Å². The van der Waals surface area contributed by atoms with Gasteiger partial charge in [-0.05, 0) is 38.5 Å². The molecule has 1 aromatic carbocycles. The second kappa shape index (κ2) is 10.4. The number of carbonyl (C=O) groups is 2. The second-order valence-electron chi connectivity index (χ2n) is 8.63. The van der Waals surface area contributed by atoms with Crippen LogP contribution in [0.25, 0.3) is 0 Å². The van der Waals surface area contributed by atoms with Crippen LogP contribution in [0.1, 0.15) is 32.8 Å². The van der Waals surface area contributed by atoms with E-state index in [-0.39, 0.29) is 17.4 Å². The number of ether oxygens (including phenoxy) is 1. The number of hydrogen-bond acceptors (Lipinski definition) is 3. The molecule has 0 bridgehead atoms. The Morgan fingerprint density at radius 1 is 0.964 bits per heavy atom. The molecular weight excluding hydrogens is 356 g/mol. The van der Waals surface area contributed by atoms with Crippen LogP contribution in [0, 0.1) is 0 Å². The van der Waals surface area contributed by atoms with Crippen LogP contribution in [0.3, 0.4) is 0 Å². The highest BCUT2D eigenvalue weighted by Crippen LogP contribution is 2.10. The summed E-state index contributed by atoms with van der Waals surface area (Å²) >= 11 is 0. The molecule has 7 nitrogen and oxygen atoms in total. The molecule has 2 rings (SSSR count). The van der Waals surface area contributed by atoms with E-state index in [9.17, 15) is 9.59 Å². The third kappa shape index (κ3) is 8.27. The Morgan fingerprint density at radius 3 is 2.07 bits per heavy atom. The fourth-order valence-electron chi connectivity index (χ4n) is 3.47. The van der Waals surface area contributed by atoms with Gasteiger partial charge in [0.1, 0.15) is 18.8 Å². The lowest BCUT2D eigenvalue weighted by molar-refractivity contribution is -0.930. The third-order valence-electron chi connectivity index (χ3n) is 4.88. The Bertz CT molecular complexity index is 640. The molecule has 0 aromatic heterocycles. The summed E-state index contributed by atoms with van der Waals surface area (Å²) in [5, 5.41) is 6.03. The second-order valence-corrected chi connectivity index (χ2v) is 8.63. The summed E-state index contributed by atoms with van der Waals surface area (Å²) < 4.78 is 5.15. The molecule has 156 valence electrons. The van der Waals surface area contributed by atoms with Gasteiger partial charge >= 0.3 is 0 Å². The number of hydrogen-bond donors (Lipinski definition) is 4. The van der Waals surface area contributed by atoms with Gasteiger partial charge < -0.3 is 25.2 Å². The zero-order valence-corrected chi connectivity index (χ0v) is 17.7. The molecule has 2 unspecified atom stereocenters. The summed E-state index contributed by atoms with van der Waals surface area (Å²) in [6.07, 6.45) is 1.03. The zero-order chi connectivity index (χ0) is 20.6. The molecule has 0 radical (unpaired) electrons. The first-order valence-corrected chi connectivity index (χ1v) is 10.1. The molecule has 0 saturated carbocycles. The highest BCUT2D eigenvalue weighted by atomic mass is 16.5. The van der Waals surface area contributed by atoms with E-state index in [1.54, 1.807) is 7.11 Å². The lowest BCUT2D eigenvalue weighted by Gasteiger charge is -2.22. The van der Waals surface area contributed by atoms with E-state index in [1.807, 2.05) is 45.0 Å². The number of nitrogens with one attached hydrogen (secondary N) is 4. The van der Waals surface area contributed by atoms with Crippen molar-refractivity contribution in [1.82, 2.24) is 10.6 Å². The van der Waals surface area contributed by atoms with E-state index in [0.717, 1.165) is 43.9 Å². The van der Waals surface area contributed by atoms with Crippen molar-refractivity contribution in [1.29, 1.82) is 0 Å². The molecule has 0 aliphatic carbocycles. The van der Waals surface area contributed by atoms with Crippen LogP contribution in [0.4, 0.5) is 0 Å². The van der Waals surface area contributed by atoms with Crippen LogP contribution in [0.2, 0.25) is 0 Å². The lowest BCUT2D eigenvalue weighted by atomic mass is 10.1. The van der Waals surface area contributed by atoms with Crippen LogP contribution < -0.4 is 25.2 Å². The quantitative estimate of drug-likeness (QED) is 0.452. The molecule has 1 saturated heterocycles. The number of methoxy groups -OCH3 is 1. The minimum absolute atomic E-state index is 0.0692. The maximum atomic E-state index is 12.3. The van der Waals surface area contributed by atoms with Crippen molar-refractivity contribution in [2.24, 2.45) is 0 Å². The number of quaternary nitrogens is 2. The summed E-state index contributed by atoms with van der Waals surface area (Å²) in [5.41, 5.74) is 0.863. The average Bonchev–Trinajstić information content (AvgIpc) is 2.84. The smallest absolute Gasteiger partial charge is 0.275 e. The Hall–Kier alpha value is -2.12. The Kier molecular flexibility index (Phi) is 8.26. The molecule has 1 fully saturated rings. The molecule has 4 N–H and O–H groups in total. The topological polar surface area (TPSA) is 76.3 Å². The van der Waals surface area contributed by atoms with Gasteiger partial charge in [0, 0.05) is 18.5 Å². The van der Waals surface area contributed by atoms with Crippen molar-refractivity contribution in [2.45, 2.75) is 39.3 Å². The van der Waals surface area contributed by atoms with E-state index in [2.05, 4.69) is 10.6 Å². The van der Waals surface area contributed by atoms with Crippen LogP contribution in [0.5, 0.6) is 5.75 Å². The fourth-order valence-corrected chi connectivity index (χ4v) is 3.47. The van der Waals surface area contributed by atoms with Crippen molar-refractivity contribution in [3.8, 4) is 5.75 Å². The Morgan fingerprint density at radius 2 is 1.54 bits per heavy atom. The number of rotatable bonds is 7. The summed E-state index contributed by atoms with van der Waals surface area (Å²) in [5.74, 6) is 0.982. The van der Waals surface area contributed by atoms with E-state index in [0.29, 0.717) is 19.6 Å². The first-order valence-electron chi connectivity index (χ1n) is 10.1. The molecule has 2 atom stereocenters. The molecule has 1 heterocycles. The van der Waals surface area contributed by atoms with E-state index in [4.69, 9.17) is 4.74 Å². The van der Waals surface area contributed by atoms with Crippen molar-refractivity contribution in [3.05, 3.63) is 29.8 Å². The SMILES string of the molecule is COc1ccc(CNC(=O)C[NH+]2CCC[NH+](CC(=O)NC(C)(C)C)CC2)cc1. The molecule has 2 amide bonds. The Labute approximate surface area is 168 Å². The summed E-state index contributed by atoms with van der Waals surface area (Å²) in [7, 11) is 1.64. The summed E-state index contributed by atoms with van der Waals surface area (Å²) in [6, 6.07) is 7.72. The van der Waals surface area contributed by atoms with Crippen LogP contribution >= 0.6 is 0 Å². The van der Waals surface area contributed by atoms with Gasteiger partial charge in [0.2, 0.25) is 0 Å². The van der Waals surface area contributed by atoms with Crippen molar-refractivity contribution in [3.63, 3.8) is 0 Å². The molecule has 1 aromatic rings. The van der Waals surface area contributed by atoms with E-state index in [1.165, 1.54) is 9.80 Å². The summed E-state index contributed by atoms with van der Waals surface area (Å²) in [6.45, 7) is 11.3. The number of amides is 2. The van der Waals surface area contributed by atoms with Crippen LogP contribution in [-0.2, 0) is 16.1 Å². The van der Waals surface area contributed by atoms with Gasteiger partial charge in [-0.1, -0.05) is 12.1 Å². The van der Waals surface area contributed by atoms with Crippen molar-refractivity contribution in [2.75, 3.05) is 46.4 Å². The maximum Gasteiger partial charge on any atom is 0.275 e. The fraction of sp³-hybridized carbons (Fsp3) is 0.619. The number of benzene rings is 1. The minimum Gasteiger partial charge on any atom is -0.497 e. The van der Waals surface area contributed by atoms with Gasteiger partial charge in [-0.3, -0.25) is 9.59 Å². The van der Waals surface area contributed by atoms with Gasteiger partial charge in [-0.25, -0.2) is 0 Å². The first kappa shape index (κ1) is 22.2. The molecule has 0 spiro atoms. The highest BCUT2D eigenvalue weighted by molar-refractivity contribution is 5.77. The van der Waals surface area contributed by atoms with Gasteiger partial charge in [0.05, 0.1) is 20.2 Å².